The lowest BCUT2D eigenvalue weighted by Crippen LogP contribution is -2.17. The molecule has 1 saturated carbocycles. The first-order chi connectivity index (χ1) is 11.7. The maximum absolute atomic E-state index is 4.64. The molecule has 0 aliphatic heterocycles. The summed E-state index contributed by atoms with van der Waals surface area (Å²) in [5.41, 5.74) is 4.78. The van der Waals surface area contributed by atoms with Gasteiger partial charge in [-0.3, -0.25) is 5.10 Å². The fourth-order valence-electron chi connectivity index (χ4n) is 3.51. The number of benzene rings is 1. The minimum atomic E-state index is 0.541. The van der Waals surface area contributed by atoms with E-state index in [0.717, 1.165) is 39.9 Å². The lowest BCUT2D eigenvalue weighted by atomic mass is 9.81. The Hall–Kier alpha value is -2.56. The van der Waals surface area contributed by atoms with Crippen molar-refractivity contribution >= 4 is 16.7 Å². The molecule has 24 heavy (non-hydrogen) atoms. The molecule has 1 fully saturated rings. The summed E-state index contributed by atoms with van der Waals surface area (Å²) in [6.45, 7) is 6.61. The maximum atomic E-state index is 4.64. The van der Waals surface area contributed by atoms with Crippen LogP contribution in [0.3, 0.4) is 0 Å². The van der Waals surface area contributed by atoms with E-state index < -0.39 is 0 Å². The van der Waals surface area contributed by atoms with Gasteiger partial charge < -0.3 is 10.3 Å². The quantitative estimate of drug-likeness (QED) is 0.652. The van der Waals surface area contributed by atoms with E-state index in [1.165, 1.54) is 25.7 Å². The van der Waals surface area contributed by atoms with Crippen LogP contribution < -0.4 is 5.32 Å². The Balaban J connectivity index is 1.55. The fourth-order valence-corrected chi connectivity index (χ4v) is 3.51. The molecule has 124 valence electrons. The van der Waals surface area contributed by atoms with E-state index in [-0.39, 0.29) is 0 Å². The van der Waals surface area contributed by atoms with Crippen LogP contribution in [0.25, 0.3) is 22.6 Å². The lowest BCUT2D eigenvalue weighted by molar-refractivity contribution is 0.322. The van der Waals surface area contributed by atoms with Crippen molar-refractivity contribution in [1.82, 2.24) is 20.2 Å². The minimum Gasteiger partial charge on any atom is -0.356 e. The van der Waals surface area contributed by atoms with Crippen molar-refractivity contribution in [2.45, 2.75) is 32.6 Å². The number of nitrogens with zero attached hydrogens (tertiary/aromatic N) is 2. The van der Waals surface area contributed by atoms with Gasteiger partial charge in [0.2, 0.25) is 0 Å². The van der Waals surface area contributed by atoms with Crippen molar-refractivity contribution < 1.29 is 0 Å². The number of aromatic amines is 2. The van der Waals surface area contributed by atoms with Crippen LogP contribution in [-0.2, 0) is 0 Å². The van der Waals surface area contributed by atoms with Crippen molar-refractivity contribution in [3.63, 3.8) is 0 Å². The molecule has 0 saturated heterocycles. The number of rotatable bonds is 4. The fraction of sp³-hybridized carbons (Fsp3) is 0.368. The van der Waals surface area contributed by atoms with E-state index in [4.69, 9.17) is 0 Å². The van der Waals surface area contributed by atoms with E-state index in [2.05, 4.69) is 39.0 Å². The number of fused-ring (bicyclic) bond motifs is 1. The highest BCUT2D eigenvalue weighted by Crippen LogP contribution is 2.34. The molecule has 4 rings (SSSR count). The molecule has 3 N–H and O–H groups in total. The molecule has 3 aromatic rings. The number of allylic oxidation sites excluding steroid dienone is 1. The molecule has 5 heteroatoms. The zero-order valence-corrected chi connectivity index (χ0v) is 14.0. The molecular weight excluding hydrogens is 298 g/mol. The van der Waals surface area contributed by atoms with Gasteiger partial charge in [0, 0.05) is 11.9 Å². The van der Waals surface area contributed by atoms with Gasteiger partial charge in [0.15, 0.2) is 11.5 Å². The molecule has 2 aromatic heterocycles. The van der Waals surface area contributed by atoms with Crippen LogP contribution in [0.4, 0.5) is 5.69 Å². The maximum Gasteiger partial charge on any atom is 0.161 e. The van der Waals surface area contributed by atoms with Crippen LogP contribution >= 0.6 is 0 Å². The average molecular weight is 321 g/mol. The summed E-state index contributed by atoms with van der Waals surface area (Å²) >= 11 is 0. The number of H-pyrrole nitrogens is 2. The SMILES string of the molecule is C=C(Nc1c[nH]nc1-c1nc2ccccc2[nH]1)C1CCC(C)CC1. The second kappa shape index (κ2) is 6.15. The molecule has 0 atom stereocenters. The average Bonchev–Trinajstić information content (AvgIpc) is 3.21. The van der Waals surface area contributed by atoms with Gasteiger partial charge in [-0.1, -0.05) is 38.5 Å². The van der Waals surface area contributed by atoms with Crippen LogP contribution in [0.15, 0.2) is 42.7 Å². The third-order valence-electron chi connectivity index (χ3n) is 5.06. The largest absolute Gasteiger partial charge is 0.356 e. The Morgan fingerprint density at radius 2 is 2.00 bits per heavy atom. The highest BCUT2D eigenvalue weighted by Gasteiger charge is 2.22. The van der Waals surface area contributed by atoms with Gasteiger partial charge in [-0.15, -0.1) is 0 Å². The predicted octanol–water partition coefficient (Wildman–Crippen LogP) is 4.70. The summed E-state index contributed by atoms with van der Waals surface area (Å²) in [5, 5.41) is 10.8. The van der Waals surface area contributed by atoms with Gasteiger partial charge in [-0.05, 0) is 36.8 Å². The summed E-state index contributed by atoms with van der Waals surface area (Å²) in [6, 6.07) is 8.01. The zero-order chi connectivity index (χ0) is 16.5. The van der Waals surface area contributed by atoms with Gasteiger partial charge in [0.1, 0.15) is 0 Å². The Bertz CT molecular complexity index is 818. The first-order valence-electron chi connectivity index (χ1n) is 8.65. The van der Waals surface area contributed by atoms with E-state index in [0.29, 0.717) is 5.92 Å². The van der Waals surface area contributed by atoms with E-state index in [9.17, 15) is 0 Å². The number of hydrogen-bond acceptors (Lipinski definition) is 3. The molecule has 0 radical (unpaired) electrons. The summed E-state index contributed by atoms with van der Waals surface area (Å²) in [6.07, 6.45) is 6.87. The zero-order valence-electron chi connectivity index (χ0n) is 14.0. The molecule has 0 bridgehead atoms. The van der Waals surface area contributed by atoms with Crippen molar-refractivity contribution in [2.75, 3.05) is 5.32 Å². The number of nitrogens with one attached hydrogen (secondary N) is 3. The van der Waals surface area contributed by atoms with Crippen molar-refractivity contribution in [2.24, 2.45) is 11.8 Å². The standard InChI is InChI=1S/C19H23N5/c1-12-7-9-14(10-8-12)13(2)21-17-11-20-24-18(17)19-22-15-5-3-4-6-16(15)23-19/h3-6,11-12,14,21H,2,7-10H2,1H3,(H,20,24)(H,22,23). The first kappa shape index (κ1) is 15.0. The summed E-state index contributed by atoms with van der Waals surface area (Å²) < 4.78 is 0. The second-order valence-electron chi connectivity index (χ2n) is 6.86. The molecule has 5 nitrogen and oxygen atoms in total. The number of aromatic nitrogens is 4. The number of imidazole rings is 1. The summed E-state index contributed by atoms with van der Waals surface area (Å²) in [4.78, 5) is 7.97. The number of para-hydroxylation sites is 2. The molecule has 0 unspecified atom stereocenters. The van der Waals surface area contributed by atoms with Gasteiger partial charge in [-0.2, -0.15) is 5.10 Å². The monoisotopic (exact) mass is 321 g/mol. The second-order valence-corrected chi connectivity index (χ2v) is 6.86. The van der Waals surface area contributed by atoms with E-state index >= 15 is 0 Å². The number of anilines is 1. The topological polar surface area (TPSA) is 69.4 Å². The van der Waals surface area contributed by atoms with Crippen molar-refractivity contribution in [3.05, 3.63) is 42.7 Å². The Morgan fingerprint density at radius 1 is 1.21 bits per heavy atom. The van der Waals surface area contributed by atoms with E-state index in [1.807, 2.05) is 30.5 Å². The van der Waals surface area contributed by atoms with Crippen molar-refractivity contribution in [3.8, 4) is 11.5 Å². The summed E-state index contributed by atoms with van der Waals surface area (Å²) in [5.74, 6) is 2.15. The van der Waals surface area contributed by atoms with Gasteiger partial charge in [-0.25, -0.2) is 4.98 Å². The predicted molar refractivity (Wildman–Crippen MR) is 97.6 cm³/mol. The molecule has 1 aliphatic carbocycles. The van der Waals surface area contributed by atoms with Gasteiger partial charge in [0.25, 0.3) is 0 Å². The van der Waals surface area contributed by atoms with Crippen LogP contribution in [-0.4, -0.2) is 20.2 Å². The molecule has 1 aromatic carbocycles. The first-order valence-corrected chi connectivity index (χ1v) is 8.65. The van der Waals surface area contributed by atoms with Gasteiger partial charge in [0.05, 0.1) is 16.7 Å². The minimum absolute atomic E-state index is 0.541. The Kier molecular flexibility index (Phi) is 3.84. The highest BCUT2D eigenvalue weighted by atomic mass is 15.2. The molecule has 0 amide bonds. The Morgan fingerprint density at radius 3 is 2.79 bits per heavy atom. The third-order valence-corrected chi connectivity index (χ3v) is 5.06. The normalized spacial score (nSPS) is 21.0. The van der Waals surface area contributed by atoms with Gasteiger partial charge >= 0.3 is 0 Å². The highest BCUT2D eigenvalue weighted by molar-refractivity contribution is 5.81. The number of hydrogen-bond donors (Lipinski definition) is 3. The molecule has 0 spiro atoms. The van der Waals surface area contributed by atoms with E-state index in [1.54, 1.807) is 0 Å². The van der Waals surface area contributed by atoms with Crippen LogP contribution in [0, 0.1) is 11.8 Å². The van der Waals surface area contributed by atoms with Crippen LogP contribution in [0.2, 0.25) is 0 Å². The Labute approximate surface area is 141 Å². The van der Waals surface area contributed by atoms with Crippen LogP contribution in [0.5, 0.6) is 0 Å². The molecule has 2 heterocycles. The molecular formula is C19H23N5. The van der Waals surface area contributed by atoms with Crippen LogP contribution in [0.1, 0.15) is 32.6 Å². The summed E-state index contributed by atoms with van der Waals surface area (Å²) in [7, 11) is 0. The van der Waals surface area contributed by atoms with Crippen molar-refractivity contribution in [1.29, 1.82) is 0 Å². The third kappa shape index (κ3) is 2.82. The molecule has 1 aliphatic rings. The lowest BCUT2D eigenvalue weighted by Gasteiger charge is -2.28. The smallest absolute Gasteiger partial charge is 0.161 e.